The predicted molar refractivity (Wildman–Crippen MR) is 141 cm³/mol. The van der Waals surface area contributed by atoms with Crippen LogP contribution in [0.2, 0.25) is 5.02 Å². The number of urea groups is 1. The van der Waals surface area contributed by atoms with Crippen LogP contribution in [-0.4, -0.2) is 47.3 Å². The Bertz CT molecular complexity index is 1430. The van der Waals surface area contributed by atoms with Crippen LogP contribution >= 0.6 is 11.6 Å². The first-order chi connectivity index (χ1) is 20.5. The molecule has 2 amide bonds. The smallest absolute Gasteiger partial charge is 0.461 e. The number of carbonyl (C=O) groups is 2. The molecule has 0 fully saturated rings. The van der Waals surface area contributed by atoms with Crippen LogP contribution in [0.5, 0.6) is 5.75 Å². The Morgan fingerprint density at radius 3 is 2.25 bits per heavy atom. The summed E-state index contributed by atoms with van der Waals surface area (Å²) in [7, 11) is 0. The van der Waals surface area contributed by atoms with Crippen LogP contribution in [0.25, 0.3) is 0 Å². The maximum absolute atomic E-state index is 14.9. The van der Waals surface area contributed by atoms with Crippen LogP contribution in [0.15, 0.2) is 66.9 Å². The van der Waals surface area contributed by atoms with E-state index in [1.54, 1.807) is 30.3 Å². The number of carboxylic acid groups (broad SMARTS) is 1. The van der Waals surface area contributed by atoms with Gasteiger partial charge in [0.2, 0.25) is 0 Å². The molecule has 0 saturated heterocycles. The lowest BCUT2D eigenvalue weighted by molar-refractivity contribution is -0.253. The zero-order valence-electron chi connectivity index (χ0n) is 22.4. The van der Waals surface area contributed by atoms with Gasteiger partial charge in [0, 0.05) is 31.6 Å². The molecule has 3 aromatic rings. The summed E-state index contributed by atoms with van der Waals surface area (Å²) in [5.41, 5.74) is -2.07. The summed E-state index contributed by atoms with van der Waals surface area (Å²) in [6, 6.07) is 11.2. The Balaban J connectivity index is 2.13. The van der Waals surface area contributed by atoms with Gasteiger partial charge in [-0.05, 0) is 41.8 Å². The lowest BCUT2D eigenvalue weighted by atomic mass is 9.80. The highest BCUT2D eigenvalue weighted by atomic mass is 35.5. The van der Waals surface area contributed by atoms with Gasteiger partial charge in [0.05, 0.1) is 16.6 Å². The molecule has 44 heavy (non-hydrogen) atoms. The average molecular weight is 654 g/mol. The predicted octanol–water partition coefficient (Wildman–Crippen LogP) is 6.94. The van der Waals surface area contributed by atoms with E-state index in [4.69, 9.17) is 16.7 Å². The van der Waals surface area contributed by atoms with Gasteiger partial charge in [-0.3, -0.25) is 9.78 Å². The minimum Gasteiger partial charge on any atom is -0.481 e. The summed E-state index contributed by atoms with van der Waals surface area (Å²) in [5.74, 6) is -6.04. The first kappa shape index (κ1) is 34.4. The molecule has 2 aromatic carbocycles. The Morgan fingerprint density at radius 2 is 1.68 bits per heavy atom. The third-order valence-corrected chi connectivity index (χ3v) is 6.58. The van der Waals surface area contributed by atoms with E-state index >= 15 is 0 Å². The van der Waals surface area contributed by atoms with E-state index in [0.717, 1.165) is 18.3 Å². The lowest BCUT2D eigenvalue weighted by Crippen LogP contribution is -2.53. The van der Waals surface area contributed by atoms with Crippen LogP contribution in [-0.2, 0) is 16.8 Å². The van der Waals surface area contributed by atoms with Crippen LogP contribution in [0.3, 0.4) is 0 Å². The molecule has 0 aliphatic heterocycles. The second-order valence-corrected chi connectivity index (χ2v) is 10.0. The van der Waals surface area contributed by atoms with Crippen molar-refractivity contribution >= 4 is 23.6 Å². The summed E-state index contributed by atoms with van der Waals surface area (Å²) in [6.45, 7) is -1.06. The van der Waals surface area contributed by atoms with Crippen molar-refractivity contribution in [3.05, 3.63) is 94.5 Å². The second-order valence-electron chi connectivity index (χ2n) is 9.58. The number of carbonyl (C=O) groups excluding carboxylic acids is 1. The monoisotopic (exact) mass is 653 g/mol. The van der Waals surface area contributed by atoms with E-state index in [0.29, 0.717) is 11.6 Å². The van der Waals surface area contributed by atoms with Gasteiger partial charge in [0.15, 0.2) is 0 Å². The summed E-state index contributed by atoms with van der Waals surface area (Å²) in [4.78, 5) is 28.2. The molecule has 0 aliphatic carbocycles. The zero-order valence-corrected chi connectivity index (χ0v) is 23.1. The zero-order chi connectivity index (χ0) is 32.7. The van der Waals surface area contributed by atoms with Crippen molar-refractivity contribution in [2.24, 2.45) is 5.92 Å². The fourth-order valence-electron chi connectivity index (χ4n) is 4.25. The van der Waals surface area contributed by atoms with Crippen molar-refractivity contribution < 1.29 is 54.6 Å². The normalized spacial score (nSPS) is 14.0. The Kier molecular flexibility index (Phi) is 11.0. The Hall–Kier alpha value is -4.14. The quantitative estimate of drug-likeness (QED) is 0.174. The van der Waals surface area contributed by atoms with Gasteiger partial charge < -0.3 is 20.5 Å². The fraction of sp³-hybridized carbons (Fsp3) is 0.321. The van der Waals surface area contributed by atoms with Crippen molar-refractivity contribution in [1.82, 2.24) is 15.6 Å². The van der Waals surface area contributed by atoms with E-state index in [-0.39, 0.29) is 22.7 Å². The highest BCUT2D eigenvalue weighted by molar-refractivity contribution is 6.30. The number of rotatable bonds is 13. The Labute approximate surface area is 250 Å². The van der Waals surface area contributed by atoms with Crippen molar-refractivity contribution in [1.29, 1.82) is 0 Å². The molecular formula is C28H24ClF8N3O4. The number of benzene rings is 2. The van der Waals surface area contributed by atoms with Crippen molar-refractivity contribution in [3.8, 4) is 5.75 Å². The van der Waals surface area contributed by atoms with E-state index in [2.05, 4.69) is 15.0 Å². The molecule has 1 aromatic heterocycles. The van der Waals surface area contributed by atoms with Gasteiger partial charge in [0.25, 0.3) is 0 Å². The number of hydrogen-bond acceptors (Lipinski definition) is 4. The lowest BCUT2D eigenvalue weighted by Gasteiger charge is -2.36. The number of pyridine rings is 1. The maximum Gasteiger partial charge on any atom is 0.461 e. The number of ether oxygens (including phenoxy) is 1. The number of nitrogens with one attached hydrogen (secondary N) is 2. The van der Waals surface area contributed by atoms with Crippen LogP contribution in [0.1, 0.15) is 29.7 Å². The third kappa shape index (κ3) is 9.18. The second kappa shape index (κ2) is 14.1. The average Bonchev–Trinajstić information content (AvgIpc) is 2.92. The fourth-order valence-corrected chi connectivity index (χ4v) is 4.37. The standard InChI is InChI=1S/C28H24ClF8N3O4/c29-19-7-8-22(38-15-19)26(13-16-4-2-1-3-5-16,18-10-20(30)12-21(11-18)44-28(36,37)24(31)32)40-25(43)39-14-17(27(33,34)35)6-9-23(41)42/h1-5,7-8,10-12,15,17,24H,6,9,13-14H2,(H,41,42)(H2,39,40,43)/t17?,26-/m0/s1. The van der Waals surface area contributed by atoms with Crippen LogP contribution in [0.4, 0.5) is 39.9 Å². The molecule has 1 unspecified atom stereocenters. The van der Waals surface area contributed by atoms with E-state index in [1.165, 1.54) is 12.1 Å². The van der Waals surface area contributed by atoms with Crippen LogP contribution < -0.4 is 15.4 Å². The van der Waals surface area contributed by atoms with Crippen molar-refractivity contribution in [2.75, 3.05) is 6.54 Å². The molecule has 2 atom stereocenters. The number of amides is 2. The number of aromatic nitrogens is 1. The van der Waals surface area contributed by atoms with E-state index < -0.39 is 73.1 Å². The number of halogens is 9. The molecule has 3 rings (SSSR count). The third-order valence-electron chi connectivity index (χ3n) is 6.35. The first-order valence-corrected chi connectivity index (χ1v) is 13.1. The molecule has 0 radical (unpaired) electrons. The summed E-state index contributed by atoms with van der Waals surface area (Å²) < 4.78 is 113. The highest BCUT2D eigenvalue weighted by Crippen LogP contribution is 2.37. The summed E-state index contributed by atoms with van der Waals surface area (Å²) in [6.07, 6.45) is -15.1. The number of nitrogens with zero attached hydrogens (tertiary/aromatic N) is 1. The van der Waals surface area contributed by atoms with Crippen molar-refractivity contribution in [2.45, 2.75) is 43.5 Å². The van der Waals surface area contributed by atoms with E-state index in [1.807, 2.05) is 5.32 Å². The SMILES string of the molecule is O=C(O)CCC(CNC(=O)N[C@@](Cc1ccccc1)(c1cc(F)cc(OC(F)(F)C(F)F)c1)c1ccc(Cl)cn1)C(F)(F)F. The molecule has 0 spiro atoms. The highest BCUT2D eigenvalue weighted by Gasteiger charge is 2.45. The number of carboxylic acids is 1. The molecule has 238 valence electrons. The van der Waals surface area contributed by atoms with Gasteiger partial charge >= 0.3 is 30.7 Å². The largest absolute Gasteiger partial charge is 0.481 e. The van der Waals surface area contributed by atoms with Crippen molar-refractivity contribution in [3.63, 3.8) is 0 Å². The van der Waals surface area contributed by atoms with Gasteiger partial charge in [0.1, 0.15) is 17.1 Å². The number of aliphatic carboxylic acids is 1. The number of alkyl halides is 7. The molecule has 0 aliphatic rings. The van der Waals surface area contributed by atoms with E-state index in [9.17, 15) is 44.7 Å². The molecule has 3 N–H and O–H groups in total. The summed E-state index contributed by atoms with van der Waals surface area (Å²) >= 11 is 5.96. The maximum atomic E-state index is 14.9. The van der Waals surface area contributed by atoms with Crippen LogP contribution in [0, 0.1) is 11.7 Å². The topological polar surface area (TPSA) is 101 Å². The minimum absolute atomic E-state index is 0.101. The minimum atomic E-state index is -5.03. The van der Waals surface area contributed by atoms with Gasteiger partial charge in [-0.1, -0.05) is 41.9 Å². The molecule has 0 saturated carbocycles. The molecule has 0 bridgehead atoms. The van der Waals surface area contributed by atoms with Gasteiger partial charge in [-0.2, -0.15) is 30.7 Å². The summed E-state index contributed by atoms with van der Waals surface area (Å²) in [5, 5.41) is 13.4. The first-order valence-electron chi connectivity index (χ1n) is 12.7. The molecular weight excluding hydrogens is 630 g/mol. The molecule has 7 nitrogen and oxygen atoms in total. The molecule has 1 heterocycles. The molecule has 16 heteroatoms. The van der Waals surface area contributed by atoms with Gasteiger partial charge in [-0.25, -0.2) is 9.18 Å². The Morgan fingerprint density at radius 1 is 1.00 bits per heavy atom. The van der Waals surface area contributed by atoms with Gasteiger partial charge in [-0.15, -0.1) is 0 Å². The number of hydrogen-bond donors (Lipinski definition) is 3.